The van der Waals surface area contributed by atoms with E-state index in [1.165, 1.54) is 25.7 Å². The molecule has 1 saturated carbocycles. The molecule has 1 fully saturated rings. The van der Waals surface area contributed by atoms with Crippen LogP contribution in [0, 0.1) is 17.8 Å². The maximum atomic E-state index is 12.3. The maximum absolute atomic E-state index is 12.3. The van der Waals surface area contributed by atoms with Crippen molar-refractivity contribution in [3.05, 3.63) is 0 Å². The Labute approximate surface area is 158 Å². The molecule has 1 amide bonds. The van der Waals surface area contributed by atoms with Crippen molar-refractivity contribution >= 4 is 17.7 Å². The highest BCUT2D eigenvalue weighted by atomic mass is 16.4. The molecule has 0 aromatic heterocycles. The van der Waals surface area contributed by atoms with Crippen LogP contribution in [-0.4, -0.2) is 28.8 Å². The smallest absolute Gasteiger partial charge is 0.326 e. The number of Topliss-reactive ketones (excluding diaryl/α,β-unsaturated/α-hetero) is 1. The van der Waals surface area contributed by atoms with Crippen LogP contribution < -0.4 is 5.32 Å². The van der Waals surface area contributed by atoms with Crippen molar-refractivity contribution in [2.45, 2.75) is 97.4 Å². The average molecular weight is 368 g/mol. The molecule has 2 unspecified atom stereocenters. The summed E-state index contributed by atoms with van der Waals surface area (Å²) in [6.07, 6.45) is 10.3. The summed E-state index contributed by atoms with van der Waals surface area (Å²) in [6.45, 7) is 5.95. The van der Waals surface area contributed by atoms with Gasteiger partial charge in [0.2, 0.25) is 5.91 Å². The molecule has 5 nitrogen and oxygen atoms in total. The molecule has 0 saturated heterocycles. The summed E-state index contributed by atoms with van der Waals surface area (Å²) in [5, 5.41) is 12.0. The van der Waals surface area contributed by atoms with Crippen LogP contribution in [0.1, 0.15) is 91.4 Å². The lowest BCUT2D eigenvalue weighted by Crippen LogP contribution is -2.45. The van der Waals surface area contributed by atoms with Gasteiger partial charge in [-0.05, 0) is 24.7 Å². The molecule has 0 aliphatic heterocycles. The molecule has 0 bridgehead atoms. The third kappa shape index (κ3) is 7.46. The topological polar surface area (TPSA) is 83.5 Å². The number of rotatable bonds is 13. The minimum absolute atomic E-state index is 0.0150. The molecular formula is C21H37NO4. The zero-order valence-electron chi connectivity index (χ0n) is 16.8. The van der Waals surface area contributed by atoms with E-state index >= 15 is 0 Å². The van der Waals surface area contributed by atoms with Gasteiger partial charge in [0.05, 0.1) is 0 Å². The fourth-order valence-electron chi connectivity index (χ4n) is 3.92. The van der Waals surface area contributed by atoms with Gasteiger partial charge < -0.3 is 10.4 Å². The van der Waals surface area contributed by atoms with Gasteiger partial charge in [-0.3, -0.25) is 9.59 Å². The van der Waals surface area contributed by atoms with E-state index in [1.807, 2.05) is 13.8 Å². The summed E-state index contributed by atoms with van der Waals surface area (Å²) in [6, 6.07) is -0.846. The monoisotopic (exact) mass is 367 g/mol. The number of ketones is 1. The van der Waals surface area contributed by atoms with Gasteiger partial charge in [0.15, 0.2) is 0 Å². The number of carbonyl (C=O) groups excluding carboxylic acids is 2. The van der Waals surface area contributed by atoms with Gasteiger partial charge >= 0.3 is 5.97 Å². The molecular weight excluding hydrogens is 330 g/mol. The summed E-state index contributed by atoms with van der Waals surface area (Å²) in [4.78, 5) is 35.9. The van der Waals surface area contributed by atoms with Crippen molar-refractivity contribution in [3.63, 3.8) is 0 Å². The molecule has 1 aliphatic carbocycles. The zero-order chi connectivity index (χ0) is 19.5. The number of aliphatic carboxylic acids is 1. The second-order valence-electron chi connectivity index (χ2n) is 7.90. The summed E-state index contributed by atoms with van der Waals surface area (Å²) in [5.41, 5.74) is 0. The highest BCUT2D eigenvalue weighted by Crippen LogP contribution is 2.35. The fraction of sp³-hybridized carbons (Fsp3) is 0.857. The van der Waals surface area contributed by atoms with Gasteiger partial charge in [-0.15, -0.1) is 0 Å². The van der Waals surface area contributed by atoms with Gasteiger partial charge in [-0.1, -0.05) is 65.7 Å². The van der Waals surface area contributed by atoms with E-state index in [1.54, 1.807) is 0 Å². The molecule has 0 radical (unpaired) electrons. The van der Waals surface area contributed by atoms with Crippen LogP contribution >= 0.6 is 0 Å². The largest absolute Gasteiger partial charge is 0.480 e. The molecule has 1 aliphatic rings. The van der Waals surface area contributed by atoms with E-state index in [9.17, 15) is 19.5 Å². The molecule has 5 heteroatoms. The molecule has 150 valence electrons. The quantitative estimate of drug-likeness (QED) is 0.474. The highest BCUT2D eigenvalue weighted by molar-refractivity contribution is 5.87. The number of unbranched alkanes of at least 4 members (excludes halogenated alkanes) is 5. The number of carboxylic acid groups (broad SMARTS) is 1. The van der Waals surface area contributed by atoms with Crippen molar-refractivity contribution in [1.29, 1.82) is 0 Å². The Morgan fingerprint density at radius 3 is 2.42 bits per heavy atom. The molecule has 0 spiro atoms. The Bertz CT molecular complexity index is 463. The maximum Gasteiger partial charge on any atom is 0.326 e. The third-order valence-electron chi connectivity index (χ3n) is 5.86. The van der Waals surface area contributed by atoms with Crippen LogP contribution in [0.5, 0.6) is 0 Å². The normalized spacial score (nSPS) is 22.2. The van der Waals surface area contributed by atoms with Crippen molar-refractivity contribution in [3.8, 4) is 0 Å². The molecule has 1 rings (SSSR count). The second kappa shape index (κ2) is 12.1. The first kappa shape index (κ1) is 22.7. The minimum Gasteiger partial charge on any atom is -0.480 e. The zero-order valence-corrected chi connectivity index (χ0v) is 16.8. The minimum atomic E-state index is -0.987. The van der Waals surface area contributed by atoms with Gasteiger partial charge in [0.1, 0.15) is 11.8 Å². The number of amides is 1. The predicted molar refractivity (Wildman–Crippen MR) is 103 cm³/mol. The van der Waals surface area contributed by atoms with Crippen LogP contribution in [0.15, 0.2) is 0 Å². The lowest BCUT2D eigenvalue weighted by atomic mass is 9.87. The van der Waals surface area contributed by atoms with Crippen LogP contribution in [0.2, 0.25) is 0 Å². The number of hydrogen-bond acceptors (Lipinski definition) is 3. The average Bonchev–Trinajstić information content (AvgIpc) is 2.94. The van der Waals surface area contributed by atoms with Crippen molar-refractivity contribution in [2.24, 2.45) is 17.8 Å². The van der Waals surface area contributed by atoms with E-state index in [0.717, 1.165) is 25.7 Å². The number of carboxylic acids is 1. The molecule has 4 atom stereocenters. The molecule has 26 heavy (non-hydrogen) atoms. The van der Waals surface area contributed by atoms with Crippen LogP contribution in [0.25, 0.3) is 0 Å². The second-order valence-corrected chi connectivity index (χ2v) is 7.90. The fourth-order valence-corrected chi connectivity index (χ4v) is 3.92. The number of carbonyl (C=O) groups is 3. The SMILES string of the molecule is CCCCCCCCC1C(=O)CCC1CC(=O)N[C@H](C(=O)O)[C@@H](C)CC. The number of hydrogen-bond donors (Lipinski definition) is 2. The molecule has 0 aromatic carbocycles. The Morgan fingerprint density at radius 2 is 1.81 bits per heavy atom. The lowest BCUT2D eigenvalue weighted by Gasteiger charge is -2.22. The molecule has 0 heterocycles. The van der Waals surface area contributed by atoms with E-state index in [0.29, 0.717) is 12.8 Å². The lowest BCUT2D eigenvalue weighted by molar-refractivity contribution is -0.143. The first-order chi connectivity index (χ1) is 12.4. The first-order valence-electron chi connectivity index (χ1n) is 10.5. The Kier molecular flexibility index (Phi) is 10.5. The van der Waals surface area contributed by atoms with Crippen molar-refractivity contribution in [2.75, 3.05) is 0 Å². The van der Waals surface area contributed by atoms with Gasteiger partial charge in [0, 0.05) is 18.8 Å². The Hall–Kier alpha value is -1.39. The van der Waals surface area contributed by atoms with Gasteiger partial charge in [-0.2, -0.15) is 0 Å². The summed E-state index contributed by atoms with van der Waals surface area (Å²) < 4.78 is 0. The number of nitrogens with one attached hydrogen (secondary N) is 1. The standard InChI is InChI=1S/C21H37NO4/c1-4-6-7-8-9-10-11-17-16(12-13-18(17)23)14-19(24)22-20(21(25)26)15(3)5-2/h15-17,20H,4-14H2,1-3H3,(H,22,24)(H,25,26)/t15-,16?,17?,20-/m0/s1. The highest BCUT2D eigenvalue weighted by Gasteiger charge is 2.36. The van der Waals surface area contributed by atoms with Crippen LogP contribution in [-0.2, 0) is 14.4 Å². The molecule has 2 N–H and O–H groups in total. The Balaban J connectivity index is 2.46. The van der Waals surface area contributed by atoms with E-state index in [2.05, 4.69) is 12.2 Å². The van der Waals surface area contributed by atoms with Crippen molar-refractivity contribution < 1.29 is 19.5 Å². The van der Waals surface area contributed by atoms with Crippen LogP contribution in [0.3, 0.4) is 0 Å². The summed E-state index contributed by atoms with van der Waals surface area (Å²) >= 11 is 0. The summed E-state index contributed by atoms with van der Waals surface area (Å²) in [5.74, 6) is -0.985. The van der Waals surface area contributed by atoms with Crippen LogP contribution in [0.4, 0.5) is 0 Å². The predicted octanol–water partition coefficient (Wildman–Crippen LogP) is 4.34. The Morgan fingerprint density at radius 1 is 1.15 bits per heavy atom. The third-order valence-corrected chi connectivity index (χ3v) is 5.86. The van der Waals surface area contributed by atoms with E-state index in [4.69, 9.17) is 0 Å². The first-order valence-corrected chi connectivity index (χ1v) is 10.5. The van der Waals surface area contributed by atoms with Crippen molar-refractivity contribution in [1.82, 2.24) is 5.32 Å². The van der Waals surface area contributed by atoms with E-state index < -0.39 is 12.0 Å². The molecule has 0 aromatic rings. The van der Waals surface area contributed by atoms with Gasteiger partial charge in [-0.25, -0.2) is 4.79 Å². The summed E-state index contributed by atoms with van der Waals surface area (Å²) in [7, 11) is 0. The van der Waals surface area contributed by atoms with E-state index in [-0.39, 0.29) is 35.9 Å². The van der Waals surface area contributed by atoms with Gasteiger partial charge in [0.25, 0.3) is 0 Å².